The molecule has 2 aromatic carbocycles. The largest absolute Gasteiger partial charge is 0.496 e. The van der Waals surface area contributed by atoms with E-state index in [9.17, 15) is 0 Å². The minimum atomic E-state index is 0.0823. The maximum absolute atomic E-state index is 6.34. The highest BCUT2D eigenvalue weighted by Gasteiger charge is 2.17. The topological polar surface area (TPSA) is 21.3 Å². The van der Waals surface area contributed by atoms with Crippen LogP contribution in [0.2, 0.25) is 10.0 Å². The molecule has 0 aromatic heterocycles. The number of ether oxygens (including phenoxy) is 1. The normalized spacial score (nSPS) is 12.2. The third kappa shape index (κ3) is 3.91. The smallest absolute Gasteiger partial charge is 0.123 e. The number of likely N-dealkylation sites (N-methyl/N-ethyl adjacent to an activating group) is 1. The van der Waals surface area contributed by atoms with Gasteiger partial charge < -0.3 is 10.1 Å². The highest BCUT2D eigenvalue weighted by Crippen LogP contribution is 2.31. The predicted molar refractivity (Wildman–Crippen MR) is 89.7 cm³/mol. The van der Waals surface area contributed by atoms with Crippen LogP contribution in [0.1, 0.15) is 22.7 Å². The maximum Gasteiger partial charge on any atom is 0.123 e. The number of nitrogens with one attached hydrogen (secondary N) is 1. The Morgan fingerprint density at radius 3 is 2.52 bits per heavy atom. The lowest BCUT2D eigenvalue weighted by Crippen LogP contribution is -2.19. The van der Waals surface area contributed by atoms with Gasteiger partial charge in [0.05, 0.1) is 7.11 Å². The van der Waals surface area contributed by atoms with Gasteiger partial charge in [-0.15, -0.1) is 0 Å². The molecule has 0 radical (unpaired) electrons. The number of benzene rings is 2. The summed E-state index contributed by atoms with van der Waals surface area (Å²) in [5.41, 5.74) is 3.29. The molecule has 0 saturated carbocycles. The number of methoxy groups -OCH3 is 1. The van der Waals surface area contributed by atoms with Gasteiger partial charge in [0.1, 0.15) is 5.75 Å². The van der Waals surface area contributed by atoms with Gasteiger partial charge in [0.2, 0.25) is 0 Å². The van der Waals surface area contributed by atoms with Crippen molar-refractivity contribution in [2.24, 2.45) is 0 Å². The van der Waals surface area contributed by atoms with Gasteiger partial charge in [0.25, 0.3) is 0 Å². The Morgan fingerprint density at radius 2 is 1.90 bits per heavy atom. The minimum Gasteiger partial charge on any atom is -0.496 e. The molecule has 0 aliphatic rings. The Hall–Kier alpha value is -1.22. The van der Waals surface area contributed by atoms with E-state index in [2.05, 4.69) is 17.4 Å². The first-order chi connectivity index (χ1) is 10.0. The minimum absolute atomic E-state index is 0.0823. The molecular formula is C17H19Cl2NO. The van der Waals surface area contributed by atoms with Crippen LogP contribution in [0.5, 0.6) is 5.75 Å². The van der Waals surface area contributed by atoms with E-state index in [4.69, 9.17) is 27.9 Å². The van der Waals surface area contributed by atoms with Gasteiger partial charge in [-0.25, -0.2) is 0 Å². The molecule has 0 saturated heterocycles. The van der Waals surface area contributed by atoms with E-state index in [0.29, 0.717) is 5.02 Å². The van der Waals surface area contributed by atoms with Gasteiger partial charge in [-0.2, -0.15) is 0 Å². The number of rotatable bonds is 5. The third-order valence-corrected chi connectivity index (χ3v) is 4.14. The molecule has 0 aliphatic carbocycles. The first-order valence-corrected chi connectivity index (χ1v) is 7.56. The van der Waals surface area contributed by atoms with Crippen molar-refractivity contribution in [3.05, 3.63) is 63.1 Å². The summed E-state index contributed by atoms with van der Waals surface area (Å²) in [4.78, 5) is 0. The van der Waals surface area contributed by atoms with Crippen LogP contribution in [-0.4, -0.2) is 14.2 Å². The summed E-state index contributed by atoms with van der Waals surface area (Å²) in [5.74, 6) is 0.821. The van der Waals surface area contributed by atoms with E-state index in [-0.39, 0.29) is 6.04 Å². The second-order valence-electron chi connectivity index (χ2n) is 5.03. The Morgan fingerprint density at radius 1 is 1.14 bits per heavy atom. The van der Waals surface area contributed by atoms with Gasteiger partial charge in [0, 0.05) is 21.7 Å². The first-order valence-electron chi connectivity index (χ1n) is 6.81. The van der Waals surface area contributed by atoms with Gasteiger partial charge in [0.15, 0.2) is 0 Å². The van der Waals surface area contributed by atoms with E-state index in [0.717, 1.165) is 33.9 Å². The lowest BCUT2D eigenvalue weighted by molar-refractivity contribution is 0.401. The van der Waals surface area contributed by atoms with Crippen molar-refractivity contribution in [2.75, 3.05) is 14.2 Å². The number of aryl methyl sites for hydroxylation is 1. The zero-order chi connectivity index (χ0) is 15.4. The quantitative estimate of drug-likeness (QED) is 0.852. The summed E-state index contributed by atoms with van der Waals surface area (Å²) < 4.78 is 5.44. The molecule has 2 rings (SSSR count). The van der Waals surface area contributed by atoms with Crippen molar-refractivity contribution in [2.45, 2.75) is 19.4 Å². The average molecular weight is 324 g/mol. The van der Waals surface area contributed by atoms with Crippen molar-refractivity contribution < 1.29 is 4.74 Å². The van der Waals surface area contributed by atoms with Crippen LogP contribution in [0.15, 0.2) is 36.4 Å². The van der Waals surface area contributed by atoms with Crippen molar-refractivity contribution in [1.82, 2.24) is 5.32 Å². The molecule has 0 fully saturated rings. The number of hydrogen-bond acceptors (Lipinski definition) is 2. The molecule has 2 aromatic rings. The van der Waals surface area contributed by atoms with Crippen LogP contribution in [0.4, 0.5) is 0 Å². The van der Waals surface area contributed by atoms with Crippen molar-refractivity contribution in [3.63, 3.8) is 0 Å². The van der Waals surface area contributed by atoms with Gasteiger partial charge in [-0.1, -0.05) is 35.3 Å². The molecule has 0 heterocycles. The predicted octanol–water partition coefficient (Wildman–Crippen LogP) is 4.81. The highest BCUT2D eigenvalue weighted by molar-refractivity contribution is 6.31. The van der Waals surface area contributed by atoms with E-state index in [1.807, 2.05) is 38.2 Å². The van der Waals surface area contributed by atoms with Crippen LogP contribution in [0.3, 0.4) is 0 Å². The Labute approximate surface area is 136 Å². The zero-order valence-electron chi connectivity index (χ0n) is 12.4. The highest BCUT2D eigenvalue weighted by atomic mass is 35.5. The zero-order valence-corrected chi connectivity index (χ0v) is 13.9. The lowest BCUT2D eigenvalue weighted by atomic mass is 9.97. The molecule has 1 atom stereocenters. The van der Waals surface area contributed by atoms with Crippen LogP contribution in [0, 0.1) is 6.92 Å². The van der Waals surface area contributed by atoms with Gasteiger partial charge in [-0.3, -0.25) is 0 Å². The van der Waals surface area contributed by atoms with E-state index < -0.39 is 0 Å². The molecule has 1 unspecified atom stereocenters. The van der Waals surface area contributed by atoms with Crippen LogP contribution in [-0.2, 0) is 6.42 Å². The molecule has 0 bridgehead atoms. The Bertz CT molecular complexity index is 628. The van der Waals surface area contributed by atoms with E-state index in [1.165, 1.54) is 0 Å². The summed E-state index contributed by atoms with van der Waals surface area (Å²) in [6.07, 6.45) is 0.770. The fraction of sp³-hybridized carbons (Fsp3) is 0.294. The molecule has 0 amide bonds. The summed E-state index contributed by atoms with van der Waals surface area (Å²) in [6, 6.07) is 11.9. The Balaban J connectivity index is 2.34. The summed E-state index contributed by atoms with van der Waals surface area (Å²) in [5, 5.41) is 4.80. The third-order valence-electron chi connectivity index (χ3n) is 3.55. The SMILES string of the molecule is CNC(Cc1ccc(C)cc1Cl)c1cc(Cl)ccc1OC. The van der Waals surface area contributed by atoms with Crippen LogP contribution in [0.25, 0.3) is 0 Å². The van der Waals surface area contributed by atoms with E-state index >= 15 is 0 Å². The fourth-order valence-corrected chi connectivity index (χ4v) is 2.88. The molecule has 1 N–H and O–H groups in total. The van der Waals surface area contributed by atoms with Crippen molar-refractivity contribution >= 4 is 23.2 Å². The molecule has 0 spiro atoms. The second-order valence-corrected chi connectivity index (χ2v) is 5.87. The summed E-state index contributed by atoms with van der Waals surface area (Å²) >= 11 is 12.5. The molecule has 2 nitrogen and oxygen atoms in total. The van der Waals surface area contributed by atoms with Gasteiger partial charge >= 0.3 is 0 Å². The van der Waals surface area contributed by atoms with E-state index in [1.54, 1.807) is 7.11 Å². The lowest BCUT2D eigenvalue weighted by Gasteiger charge is -2.20. The molecule has 21 heavy (non-hydrogen) atoms. The van der Waals surface area contributed by atoms with Crippen LogP contribution >= 0.6 is 23.2 Å². The number of halogens is 2. The van der Waals surface area contributed by atoms with Crippen molar-refractivity contribution in [3.8, 4) is 5.75 Å². The first kappa shape index (κ1) is 16.2. The summed E-state index contributed by atoms with van der Waals surface area (Å²) in [6.45, 7) is 2.03. The fourth-order valence-electron chi connectivity index (χ4n) is 2.38. The molecule has 4 heteroatoms. The number of hydrogen-bond donors (Lipinski definition) is 1. The molecular weight excluding hydrogens is 305 g/mol. The summed E-state index contributed by atoms with van der Waals surface area (Å²) in [7, 11) is 3.59. The second kappa shape index (κ2) is 7.17. The molecule has 0 aliphatic heterocycles. The monoisotopic (exact) mass is 323 g/mol. The maximum atomic E-state index is 6.34. The van der Waals surface area contributed by atoms with Crippen LogP contribution < -0.4 is 10.1 Å². The standard InChI is InChI=1S/C17H19Cl2NO/c1-11-4-5-12(15(19)8-11)9-16(20-2)14-10-13(18)6-7-17(14)21-3/h4-8,10,16,20H,9H2,1-3H3. The van der Waals surface area contributed by atoms with Crippen molar-refractivity contribution in [1.29, 1.82) is 0 Å². The average Bonchev–Trinajstić information content (AvgIpc) is 2.46. The Kier molecular flexibility index (Phi) is 5.51. The molecule has 112 valence electrons. The van der Waals surface area contributed by atoms with Gasteiger partial charge in [-0.05, 0) is 55.8 Å².